The smallest absolute Gasteiger partial charge is 0.0471 e. The van der Waals surface area contributed by atoms with Crippen LogP contribution in [-0.2, 0) is 0 Å². The van der Waals surface area contributed by atoms with Crippen LogP contribution >= 0.6 is 11.3 Å². The summed E-state index contributed by atoms with van der Waals surface area (Å²) >= 11 is 1.85. The number of aliphatic hydroxyl groups is 1. The highest BCUT2D eigenvalue weighted by Crippen LogP contribution is 2.26. The van der Waals surface area contributed by atoms with E-state index >= 15 is 0 Å². The van der Waals surface area contributed by atoms with Gasteiger partial charge in [-0.15, -0.1) is 11.3 Å². The number of nitrogens with one attached hydrogen (secondary N) is 1. The summed E-state index contributed by atoms with van der Waals surface area (Å²) in [4.78, 5) is 2.75. The molecular weight excluding hydrogens is 218 g/mol. The molecule has 2 nitrogen and oxygen atoms in total. The zero-order valence-electron chi connectivity index (χ0n) is 10.9. The SMILES string of the molecule is Cc1cc(C(C)NC(C)C(C)CO)c(C)s1. The van der Waals surface area contributed by atoms with Crippen molar-refractivity contribution in [2.45, 2.75) is 46.7 Å². The van der Waals surface area contributed by atoms with E-state index in [9.17, 15) is 0 Å². The van der Waals surface area contributed by atoms with E-state index in [-0.39, 0.29) is 6.61 Å². The van der Waals surface area contributed by atoms with Crippen molar-refractivity contribution in [2.75, 3.05) is 6.61 Å². The van der Waals surface area contributed by atoms with Crippen LogP contribution in [0.5, 0.6) is 0 Å². The fraction of sp³-hybridized carbons (Fsp3) is 0.692. The van der Waals surface area contributed by atoms with Gasteiger partial charge in [0.05, 0.1) is 0 Å². The van der Waals surface area contributed by atoms with Gasteiger partial charge >= 0.3 is 0 Å². The Balaban J connectivity index is 2.65. The first-order valence-corrected chi connectivity index (χ1v) is 6.71. The van der Waals surface area contributed by atoms with Gasteiger partial charge in [-0.05, 0) is 45.2 Å². The van der Waals surface area contributed by atoms with Gasteiger partial charge in [0.1, 0.15) is 0 Å². The molecule has 3 atom stereocenters. The van der Waals surface area contributed by atoms with Crippen molar-refractivity contribution in [2.24, 2.45) is 5.92 Å². The maximum Gasteiger partial charge on any atom is 0.0471 e. The van der Waals surface area contributed by atoms with Crippen molar-refractivity contribution in [3.05, 3.63) is 21.4 Å². The van der Waals surface area contributed by atoms with Crippen LogP contribution in [0.3, 0.4) is 0 Å². The summed E-state index contributed by atoms with van der Waals surface area (Å²) in [7, 11) is 0. The highest BCUT2D eigenvalue weighted by atomic mass is 32.1. The number of aliphatic hydroxyl groups excluding tert-OH is 1. The molecule has 0 aliphatic carbocycles. The largest absolute Gasteiger partial charge is 0.396 e. The van der Waals surface area contributed by atoms with E-state index in [4.69, 9.17) is 5.11 Å². The van der Waals surface area contributed by atoms with Crippen molar-refractivity contribution >= 4 is 11.3 Å². The van der Waals surface area contributed by atoms with Crippen LogP contribution in [0.4, 0.5) is 0 Å². The maximum absolute atomic E-state index is 9.11. The average molecular weight is 241 g/mol. The van der Waals surface area contributed by atoms with E-state index in [1.54, 1.807) is 0 Å². The third kappa shape index (κ3) is 3.30. The second-order valence-electron chi connectivity index (χ2n) is 4.71. The van der Waals surface area contributed by atoms with E-state index in [2.05, 4.69) is 46.0 Å². The van der Waals surface area contributed by atoms with Crippen LogP contribution in [0, 0.1) is 19.8 Å². The Morgan fingerprint density at radius 2 is 1.94 bits per heavy atom. The molecule has 2 N–H and O–H groups in total. The summed E-state index contributed by atoms with van der Waals surface area (Å²) < 4.78 is 0. The minimum absolute atomic E-state index is 0.239. The molecule has 92 valence electrons. The molecule has 0 amide bonds. The van der Waals surface area contributed by atoms with E-state index < -0.39 is 0 Å². The quantitative estimate of drug-likeness (QED) is 0.830. The third-order valence-corrected chi connectivity index (χ3v) is 4.18. The van der Waals surface area contributed by atoms with Gasteiger partial charge in [-0.3, -0.25) is 0 Å². The monoisotopic (exact) mass is 241 g/mol. The normalized spacial score (nSPS) is 17.1. The predicted octanol–water partition coefficient (Wildman–Crippen LogP) is 3.03. The molecule has 0 saturated heterocycles. The first-order valence-electron chi connectivity index (χ1n) is 5.89. The molecule has 1 aromatic rings. The van der Waals surface area contributed by atoms with E-state index in [0.717, 1.165) is 0 Å². The number of rotatable bonds is 5. The van der Waals surface area contributed by atoms with Crippen LogP contribution in [0.1, 0.15) is 42.1 Å². The summed E-state index contributed by atoms with van der Waals surface area (Å²) in [5, 5.41) is 12.7. The van der Waals surface area contributed by atoms with Crippen molar-refractivity contribution in [3.8, 4) is 0 Å². The second kappa shape index (κ2) is 5.80. The lowest BCUT2D eigenvalue weighted by Gasteiger charge is -2.24. The van der Waals surface area contributed by atoms with Crippen molar-refractivity contribution in [3.63, 3.8) is 0 Å². The lowest BCUT2D eigenvalue weighted by atomic mass is 10.0. The molecule has 0 spiro atoms. The Morgan fingerprint density at radius 1 is 1.31 bits per heavy atom. The molecule has 0 bridgehead atoms. The van der Waals surface area contributed by atoms with E-state index in [1.807, 2.05) is 11.3 Å². The molecule has 1 aromatic heterocycles. The fourth-order valence-electron chi connectivity index (χ4n) is 1.89. The van der Waals surface area contributed by atoms with Crippen LogP contribution in [-0.4, -0.2) is 17.8 Å². The highest BCUT2D eigenvalue weighted by Gasteiger charge is 2.16. The molecular formula is C13H23NOS. The molecule has 0 saturated carbocycles. The zero-order valence-corrected chi connectivity index (χ0v) is 11.7. The summed E-state index contributed by atoms with van der Waals surface area (Å²) in [6.45, 7) is 10.9. The molecule has 16 heavy (non-hydrogen) atoms. The minimum Gasteiger partial charge on any atom is -0.396 e. The molecule has 1 rings (SSSR count). The Morgan fingerprint density at radius 3 is 2.38 bits per heavy atom. The van der Waals surface area contributed by atoms with Gasteiger partial charge in [0.15, 0.2) is 0 Å². The Bertz CT molecular complexity index is 335. The highest BCUT2D eigenvalue weighted by molar-refractivity contribution is 7.12. The number of thiophene rings is 1. The maximum atomic E-state index is 9.11. The Hall–Kier alpha value is -0.380. The standard InChI is InChI=1S/C13H23NOS/c1-8(7-15)10(3)14-11(4)13-6-9(2)16-12(13)5/h6,8,10-11,14-15H,7H2,1-5H3. The van der Waals surface area contributed by atoms with Gasteiger partial charge in [-0.25, -0.2) is 0 Å². The van der Waals surface area contributed by atoms with Crippen molar-refractivity contribution in [1.82, 2.24) is 5.32 Å². The molecule has 0 aliphatic rings. The number of aryl methyl sites for hydroxylation is 2. The van der Waals surface area contributed by atoms with Crippen molar-refractivity contribution < 1.29 is 5.11 Å². The third-order valence-electron chi connectivity index (χ3n) is 3.20. The molecule has 0 fully saturated rings. The van der Waals surface area contributed by atoms with Gasteiger partial charge in [0.2, 0.25) is 0 Å². The van der Waals surface area contributed by atoms with Crippen LogP contribution in [0.2, 0.25) is 0 Å². The van der Waals surface area contributed by atoms with E-state index in [0.29, 0.717) is 18.0 Å². The zero-order chi connectivity index (χ0) is 12.3. The summed E-state index contributed by atoms with van der Waals surface area (Å²) in [5.74, 6) is 0.294. The second-order valence-corrected chi connectivity index (χ2v) is 6.17. The number of hydrogen-bond donors (Lipinski definition) is 2. The van der Waals surface area contributed by atoms with Crippen LogP contribution in [0.15, 0.2) is 6.07 Å². The Kier molecular flexibility index (Phi) is 4.96. The lowest BCUT2D eigenvalue weighted by molar-refractivity contribution is 0.202. The first-order chi connectivity index (χ1) is 7.45. The topological polar surface area (TPSA) is 32.3 Å². The molecule has 0 radical (unpaired) electrons. The van der Waals surface area contributed by atoms with Gasteiger partial charge in [0.25, 0.3) is 0 Å². The number of hydrogen-bond acceptors (Lipinski definition) is 3. The Labute approximate surface area is 103 Å². The predicted molar refractivity (Wildman–Crippen MR) is 71.1 cm³/mol. The van der Waals surface area contributed by atoms with Crippen LogP contribution in [0.25, 0.3) is 0 Å². The summed E-state index contributed by atoms with van der Waals surface area (Å²) in [6, 6.07) is 2.95. The molecule has 0 aliphatic heterocycles. The van der Waals surface area contributed by atoms with Crippen molar-refractivity contribution in [1.29, 1.82) is 0 Å². The molecule has 1 heterocycles. The van der Waals surface area contributed by atoms with Crippen LogP contribution < -0.4 is 5.32 Å². The van der Waals surface area contributed by atoms with Gasteiger partial charge in [-0.1, -0.05) is 6.92 Å². The lowest BCUT2D eigenvalue weighted by Crippen LogP contribution is -2.35. The fourth-order valence-corrected chi connectivity index (χ4v) is 2.91. The average Bonchev–Trinajstić information content (AvgIpc) is 2.56. The van der Waals surface area contributed by atoms with Gasteiger partial charge < -0.3 is 10.4 Å². The molecule has 3 heteroatoms. The minimum atomic E-state index is 0.239. The summed E-state index contributed by atoms with van der Waals surface area (Å²) in [5.41, 5.74) is 1.39. The first kappa shape index (κ1) is 13.7. The molecule has 3 unspecified atom stereocenters. The van der Waals surface area contributed by atoms with Gasteiger partial charge in [0, 0.05) is 28.4 Å². The van der Waals surface area contributed by atoms with E-state index in [1.165, 1.54) is 15.3 Å². The van der Waals surface area contributed by atoms with Gasteiger partial charge in [-0.2, -0.15) is 0 Å². The molecule has 0 aromatic carbocycles. The summed E-state index contributed by atoms with van der Waals surface area (Å²) in [6.07, 6.45) is 0.